The molecule has 2 aliphatic heterocycles. The van der Waals surface area contributed by atoms with Gasteiger partial charge in [0, 0.05) is 24.7 Å². The van der Waals surface area contributed by atoms with Gasteiger partial charge < -0.3 is 5.32 Å². The second-order valence-corrected chi connectivity index (χ2v) is 6.13. The monoisotopic (exact) mass is 269 g/mol. The molecule has 3 rings (SSSR count). The number of nitrogens with one attached hydrogen (secondary N) is 1. The Morgan fingerprint density at radius 1 is 1.20 bits per heavy atom. The van der Waals surface area contributed by atoms with Crippen LogP contribution in [0.4, 0.5) is 0 Å². The van der Waals surface area contributed by atoms with Crippen molar-refractivity contribution in [2.24, 2.45) is 0 Å². The van der Waals surface area contributed by atoms with Crippen molar-refractivity contribution in [3.8, 4) is 6.07 Å². The minimum atomic E-state index is 0.717. The lowest BCUT2D eigenvalue weighted by atomic mass is 9.97. The van der Waals surface area contributed by atoms with Gasteiger partial charge in [0.15, 0.2) is 0 Å². The first kappa shape index (κ1) is 13.6. The first-order chi connectivity index (χ1) is 9.78. The molecule has 1 aromatic carbocycles. The topological polar surface area (TPSA) is 39.1 Å². The van der Waals surface area contributed by atoms with Crippen LogP contribution >= 0.6 is 0 Å². The Morgan fingerprint density at radius 2 is 1.85 bits per heavy atom. The molecule has 2 aliphatic rings. The van der Waals surface area contributed by atoms with Crippen LogP contribution in [0.3, 0.4) is 0 Å². The van der Waals surface area contributed by atoms with Crippen molar-refractivity contribution < 1.29 is 0 Å². The van der Waals surface area contributed by atoms with E-state index in [0.29, 0.717) is 0 Å². The molecule has 0 saturated carbocycles. The van der Waals surface area contributed by atoms with Crippen LogP contribution in [0.1, 0.15) is 43.7 Å². The highest BCUT2D eigenvalue weighted by atomic mass is 15.2. The van der Waals surface area contributed by atoms with E-state index in [0.717, 1.165) is 36.8 Å². The van der Waals surface area contributed by atoms with E-state index in [1.807, 2.05) is 12.1 Å². The van der Waals surface area contributed by atoms with Gasteiger partial charge in [-0.05, 0) is 49.9 Å². The number of rotatable bonds is 4. The van der Waals surface area contributed by atoms with Crippen molar-refractivity contribution in [2.75, 3.05) is 6.54 Å². The lowest BCUT2D eigenvalue weighted by molar-refractivity contribution is 0.141. The van der Waals surface area contributed by atoms with Gasteiger partial charge in [-0.2, -0.15) is 5.26 Å². The fraction of sp³-hybridized carbons (Fsp3) is 0.588. The molecule has 2 unspecified atom stereocenters. The smallest absolute Gasteiger partial charge is 0.0991 e. The van der Waals surface area contributed by atoms with Crippen LogP contribution in [0.15, 0.2) is 24.3 Å². The maximum Gasteiger partial charge on any atom is 0.0991 e. The maximum atomic E-state index is 8.86. The fourth-order valence-corrected chi connectivity index (χ4v) is 3.74. The van der Waals surface area contributed by atoms with Crippen molar-refractivity contribution >= 4 is 0 Å². The Balaban J connectivity index is 1.65. The van der Waals surface area contributed by atoms with E-state index < -0.39 is 0 Å². The molecule has 1 aromatic rings. The molecule has 2 saturated heterocycles. The van der Waals surface area contributed by atoms with Crippen LogP contribution in [-0.4, -0.2) is 29.6 Å². The number of piperidine rings is 1. The third-order valence-corrected chi connectivity index (χ3v) is 4.84. The van der Waals surface area contributed by atoms with E-state index >= 15 is 0 Å². The summed E-state index contributed by atoms with van der Waals surface area (Å²) in [5.74, 6) is 0. The van der Waals surface area contributed by atoms with Crippen molar-refractivity contribution in [2.45, 2.75) is 57.3 Å². The average Bonchev–Trinajstić information content (AvgIpc) is 2.83. The standard InChI is InChI=1S/C17H23N3/c1-2-20(12-14-5-3-13(11-18)4-6-14)17-9-15-7-8-16(10-17)19-15/h3-6,15-17,19H,2,7-10,12H2,1H3. The van der Waals surface area contributed by atoms with E-state index in [1.165, 1.54) is 31.2 Å². The minimum absolute atomic E-state index is 0.717. The normalized spacial score (nSPS) is 28.6. The van der Waals surface area contributed by atoms with Gasteiger partial charge in [0.25, 0.3) is 0 Å². The molecule has 20 heavy (non-hydrogen) atoms. The molecule has 3 nitrogen and oxygen atoms in total. The van der Waals surface area contributed by atoms with Gasteiger partial charge in [0.1, 0.15) is 0 Å². The molecule has 0 radical (unpaired) electrons. The van der Waals surface area contributed by atoms with Gasteiger partial charge in [-0.15, -0.1) is 0 Å². The molecule has 0 amide bonds. The number of hydrogen-bond acceptors (Lipinski definition) is 3. The molecule has 1 N–H and O–H groups in total. The van der Waals surface area contributed by atoms with Crippen molar-refractivity contribution in [1.82, 2.24) is 10.2 Å². The summed E-state index contributed by atoms with van der Waals surface area (Å²) in [7, 11) is 0. The zero-order valence-electron chi connectivity index (χ0n) is 12.2. The van der Waals surface area contributed by atoms with E-state index in [9.17, 15) is 0 Å². The molecule has 3 heteroatoms. The predicted octanol–water partition coefficient (Wildman–Crippen LogP) is 2.66. The molecule has 0 aliphatic carbocycles. The Hall–Kier alpha value is -1.37. The van der Waals surface area contributed by atoms with Crippen LogP contribution in [0.25, 0.3) is 0 Å². The molecular weight excluding hydrogens is 246 g/mol. The lowest BCUT2D eigenvalue weighted by Gasteiger charge is -2.37. The fourth-order valence-electron chi connectivity index (χ4n) is 3.74. The lowest BCUT2D eigenvalue weighted by Crippen LogP contribution is -2.47. The largest absolute Gasteiger partial charge is 0.311 e. The van der Waals surface area contributed by atoms with Gasteiger partial charge in [-0.3, -0.25) is 4.90 Å². The van der Waals surface area contributed by atoms with Crippen LogP contribution in [-0.2, 0) is 6.54 Å². The SMILES string of the molecule is CCN(Cc1ccc(C#N)cc1)C1CC2CCC(C1)N2. The zero-order valence-corrected chi connectivity index (χ0v) is 12.2. The second kappa shape index (κ2) is 5.95. The Morgan fingerprint density at radius 3 is 2.40 bits per heavy atom. The predicted molar refractivity (Wildman–Crippen MR) is 80.2 cm³/mol. The molecule has 2 atom stereocenters. The molecular formula is C17H23N3. The van der Waals surface area contributed by atoms with Crippen LogP contribution in [0.5, 0.6) is 0 Å². The first-order valence-electron chi connectivity index (χ1n) is 7.77. The van der Waals surface area contributed by atoms with Gasteiger partial charge in [0.05, 0.1) is 11.6 Å². The summed E-state index contributed by atoms with van der Waals surface area (Å²) in [5.41, 5.74) is 2.06. The summed E-state index contributed by atoms with van der Waals surface area (Å²) in [6.45, 7) is 4.37. The summed E-state index contributed by atoms with van der Waals surface area (Å²) < 4.78 is 0. The Kier molecular flexibility index (Phi) is 4.05. The maximum absolute atomic E-state index is 8.86. The summed E-state index contributed by atoms with van der Waals surface area (Å²) in [5, 5.41) is 12.6. The number of nitriles is 1. The number of hydrogen-bond donors (Lipinski definition) is 1. The third-order valence-electron chi connectivity index (χ3n) is 4.84. The number of fused-ring (bicyclic) bond motifs is 2. The van der Waals surface area contributed by atoms with Gasteiger partial charge >= 0.3 is 0 Å². The molecule has 106 valence electrons. The number of nitrogens with zero attached hydrogens (tertiary/aromatic N) is 2. The minimum Gasteiger partial charge on any atom is -0.311 e. The van der Waals surface area contributed by atoms with Crippen molar-refractivity contribution in [3.63, 3.8) is 0 Å². The summed E-state index contributed by atoms with van der Waals surface area (Å²) >= 11 is 0. The molecule has 0 spiro atoms. The Labute approximate surface area is 121 Å². The zero-order chi connectivity index (χ0) is 13.9. The van der Waals surface area contributed by atoms with E-state index in [-0.39, 0.29) is 0 Å². The highest BCUT2D eigenvalue weighted by Gasteiger charge is 2.35. The number of benzene rings is 1. The first-order valence-corrected chi connectivity index (χ1v) is 7.77. The van der Waals surface area contributed by atoms with E-state index in [4.69, 9.17) is 5.26 Å². The van der Waals surface area contributed by atoms with Crippen molar-refractivity contribution in [3.05, 3.63) is 35.4 Å². The van der Waals surface area contributed by atoms with Crippen LogP contribution in [0.2, 0.25) is 0 Å². The highest BCUT2D eigenvalue weighted by molar-refractivity contribution is 5.31. The Bertz CT molecular complexity index is 476. The van der Waals surface area contributed by atoms with Crippen LogP contribution in [0, 0.1) is 11.3 Å². The molecule has 0 aromatic heterocycles. The third kappa shape index (κ3) is 2.87. The summed E-state index contributed by atoms with van der Waals surface area (Å²) in [4.78, 5) is 2.60. The highest BCUT2D eigenvalue weighted by Crippen LogP contribution is 2.30. The summed E-state index contributed by atoms with van der Waals surface area (Å²) in [6, 6.07) is 12.4. The van der Waals surface area contributed by atoms with E-state index in [1.54, 1.807) is 0 Å². The van der Waals surface area contributed by atoms with Gasteiger partial charge in [0.2, 0.25) is 0 Å². The van der Waals surface area contributed by atoms with Gasteiger partial charge in [-0.25, -0.2) is 0 Å². The quantitative estimate of drug-likeness (QED) is 0.913. The van der Waals surface area contributed by atoms with Crippen LogP contribution < -0.4 is 5.32 Å². The summed E-state index contributed by atoms with van der Waals surface area (Å²) in [6.07, 6.45) is 5.30. The molecule has 2 heterocycles. The second-order valence-electron chi connectivity index (χ2n) is 6.13. The molecule has 2 fully saturated rings. The molecule has 2 bridgehead atoms. The van der Waals surface area contributed by atoms with Crippen molar-refractivity contribution in [1.29, 1.82) is 5.26 Å². The van der Waals surface area contributed by atoms with Gasteiger partial charge in [-0.1, -0.05) is 19.1 Å². The average molecular weight is 269 g/mol. The van der Waals surface area contributed by atoms with E-state index in [2.05, 4.69) is 35.3 Å².